The summed E-state index contributed by atoms with van der Waals surface area (Å²) >= 11 is 0. The molecule has 2 aromatic carbocycles. The van der Waals surface area contributed by atoms with Gasteiger partial charge in [-0.25, -0.2) is 9.59 Å². The van der Waals surface area contributed by atoms with E-state index in [2.05, 4.69) is 46.7 Å². The minimum Gasteiger partial charge on any atom is -0.480 e. The maximum absolute atomic E-state index is 12.3. The summed E-state index contributed by atoms with van der Waals surface area (Å²) in [7, 11) is 0. The molecule has 0 fully saturated rings. The topological polar surface area (TPSA) is 255 Å². The Morgan fingerprint density at radius 1 is 0.685 bits per heavy atom. The van der Waals surface area contributed by atoms with E-state index in [4.69, 9.17) is 26.4 Å². The molecule has 1 aliphatic carbocycles. The molecule has 1 amide bonds. The number of carbonyl (C=O) groups is 6. The Morgan fingerprint density at radius 2 is 1.22 bits per heavy atom. The van der Waals surface area contributed by atoms with Crippen LogP contribution in [0.2, 0.25) is 0 Å². The molecule has 0 unspecified atom stereocenters. The molecule has 54 heavy (non-hydrogen) atoms. The quantitative estimate of drug-likeness (QED) is 0.0443. The molecule has 0 heterocycles. The first-order valence-electron chi connectivity index (χ1n) is 17.2. The highest BCUT2D eigenvalue weighted by molar-refractivity contribution is 5.82. The molecule has 0 aliphatic heterocycles. The van der Waals surface area contributed by atoms with Gasteiger partial charge >= 0.3 is 35.9 Å². The minimum absolute atomic E-state index is 0.0152. The number of amides is 1. The first-order valence-corrected chi connectivity index (χ1v) is 17.2. The molecule has 1 aliphatic rings. The van der Waals surface area contributed by atoms with Crippen LogP contribution in [0.3, 0.4) is 0 Å². The van der Waals surface area contributed by atoms with E-state index in [-0.39, 0.29) is 45.0 Å². The van der Waals surface area contributed by atoms with Crippen molar-refractivity contribution in [1.29, 1.82) is 0 Å². The number of rotatable bonds is 21. The number of allylic oxidation sites excluding steroid dienone is 1. The molecule has 294 valence electrons. The van der Waals surface area contributed by atoms with Gasteiger partial charge in [0, 0.05) is 12.3 Å². The molecule has 0 bridgehead atoms. The molecule has 2 aromatic rings. The maximum Gasteiger partial charge on any atom is 0.407 e. The average molecular weight is 754 g/mol. The Hall–Kier alpha value is -5.80. The summed E-state index contributed by atoms with van der Waals surface area (Å²) in [6.07, 6.45) is 7.69. The number of aliphatic carboxylic acids is 3. The van der Waals surface area contributed by atoms with Crippen LogP contribution in [0.5, 0.6) is 0 Å². The highest BCUT2D eigenvalue weighted by atomic mass is 16.6. The van der Waals surface area contributed by atoms with E-state index in [1.807, 2.05) is 42.5 Å². The summed E-state index contributed by atoms with van der Waals surface area (Å²) in [5, 5.41) is 28.6. The van der Waals surface area contributed by atoms with Crippen molar-refractivity contribution in [3.63, 3.8) is 0 Å². The summed E-state index contributed by atoms with van der Waals surface area (Å²) in [6, 6.07) is 13.1. The number of hydrogen-bond donors (Lipinski definition) is 6. The number of hydrogen-bond acceptors (Lipinski definition) is 11. The van der Waals surface area contributed by atoms with Crippen LogP contribution in [0, 0.1) is 0 Å². The van der Waals surface area contributed by atoms with E-state index >= 15 is 0 Å². The van der Waals surface area contributed by atoms with Gasteiger partial charge in [0.25, 0.3) is 0 Å². The summed E-state index contributed by atoms with van der Waals surface area (Å²) in [6.45, 7) is 10.7. The smallest absolute Gasteiger partial charge is 0.407 e. The van der Waals surface area contributed by atoms with Gasteiger partial charge in [0.15, 0.2) is 0 Å². The number of carboxylic acids is 3. The van der Waals surface area contributed by atoms with Crippen molar-refractivity contribution in [2.75, 3.05) is 19.8 Å². The lowest BCUT2D eigenvalue weighted by atomic mass is 9.98. The molecule has 15 heteroatoms. The second-order valence-corrected chi connectivity index (χ2v) is 11.9. The van der Waals surface area contributed by atoms with E-state index in [0.29, 0.717) is 6.42 Å². The SMILES string of the molecule is C=CCCCCC[C@H](NC(=O)OCC1c2ccccc2-c2ccccc21)C(=O)O.C=CCOC(=O)CC[C@H](N)C(=O)O.C=CCOC(=O)C[C@H](N)C(=O)O. The molecule has 15 nitrogen and oxygen atoms in total. The predicted octanol–water partition coefficient (Wildman–Crippen LogP) is 4.54. The molecule has 0 saturated heterocycles. The Balaban J connectivity index is 0.000000485. The van der Waals surface area contributed by atoms with Gasteiger partial charge < -0.3 is 46.3 Å². The second kappa shape index (κ2) is 26.0. The Labute approximate surface area is 314 Å². The Morgan fingerprint density at radius 3 is 1.72 bits per heavy atom. The average Bonchev–Trinajstić information content (AvgIpc) is 3.47. The zero-order valence-corrected chi connectivity index (χ0v) is 30.2. The molecule has 0 spiro atoms. The third-order valence-electron chi connectivity index (χ3n) is 7.74. The summed E-state index contributed by atoms with van der Waals surface area (Å²) in [5.41, 5.74) is 14.8. The van der Waals surface area contributed by atoms with Crippen LogP contribution in [0.4, 0.5) is 4.79 Å². The minimum atomic E-state index is -1.22. The van der Waals surface area contributed by atoms with Crippen molar-refractivity contribution < 1.29 is 58.3 Å². The van der Waals surface area contributed by atoms with E-state index in [1.165, 1.54) is 12.2 Å². The first kappa shape index (κ1) is 46.2. The Bertz CT molecular complexity index is 1530. The van der Waals surface area contributed by atoms with Gasteiger partial charge in [-0.05, 0) is 47.9 Å². The predicted molar refractivity (Wildman–Crippen MR) is 200 cm³/mol. The van der Waals surface area contributed by atoms with Crippen LogP contribution >= 0.6 is 0 Å². The molecule has 3 atom stereocenters. The van der Waals surface area contributed by atoms with Crippen molar-refractivity contribution >= 4 is 35.9 Å². The number of unbranched alkanes of at least 4 members (excludes halogenated alkanes) is 3. The zero-order chi connectivity index (χ0) is 40.5. The number of alkyl carbamates (subject to hydrolysis) is 1. The van der Waals surface area contributed by atoms with E-state index < -0.39 is 54.1 Å². The van der Waals surface area contributed by atoms with Gasteiger partial charge in [-0.3, -0.25) is 19.2 Å². The van der Waals surface area contributed by atoms with Gasteiger partial charge in [0.1, 0.15) is 37.9 Å². The van der Waals surface area contributed by atoms with Gasteiger partial charge in [0.2, 0.25) is 0 Å². The lowest BCUT2D eigenvalue weighted by Crippen LogP contribution is -2.41. The number of benzene rings is 2. The van der Waals surface area contributed by atoms with Crippen LogP contribution in [-0.4, -0.2) is 89.2 Å². The number of fused-ring (bicyclic) bond motifs is 3. The fraction of sp³-hybridized carbons (Fsp3) is 0.385. The van der Waals surface area contributed by atoms with E-state index in [1.54, 1.807) is 0 Å². The summed E-state index contributed by atoms with van der Waals surface area (Å²) < 4.78 is 14.6. The monoisotopic (exact) mass is 753 g/mol. The molecule has 0 saturated carbocycles. The van der Waals surface area contributed by atoms with Crippen molar-refractivity contribution in [2.24, 2.45) is 11.5 Å². The number of carbonyl (C=O) groups excluding carboxylic acids is 3. The molecular weight excluding hydrogens is 702 g/mol. The number of nitrogens with two attached hydrogens (primary N) is 2. The molecule has 8 N–H and O–H groups in total. The number of esters is 2. The van der Waals surface area contributed by atoms with Crippen LogP contribution in [0.15, 0.2) is 86.5 Å². The fourth-order valence-corrected chi connectivity index (χ4v) is 4.95. The maximum atomic E-state index is 12.3. The number of carboxylic acid groups (broad SMARTS) is 3. The lowest BCUT2D eigenvalue weighted by molar-refractivity contribution is -0.148. The van der Waals surface area contributed by atoms with Gasteiger partial charge in [-0.1, -0.05) is 92.8 Å². The first-order chi connectivity index (χ1) is 25.8. The van der Waals surface area contributed by atoms with Crippen LogP contribution in [0.1, 0.15) is 68.4 Å². The normalized spacial score (nSPS) is 12.6. The van der Waals surface area contributed by atoms with Gasteiger partial charge in [0.05, 0.1) is 6.42 Å². The van der Waals surface area contributed by atoms with Crippen molar-refractivity contribution in [3.8, 4) is 11.1 Å². The number of nitrogens with one attached hydrogen (secondary N) is 1. The summed E-state index contributed by atoms with van der Waals surface area (Å²) in [5.74, 6) is -4.51. The third-order valence-corrected chi connectivity index (χ3v) is 7.74. The van der Waals surface area contributed by atoms with Gasteiger partial charge in [-0.15, -0.1) is 6.58 Å². The Kier molecular flexibility index (Phi) is 22.3. The fourth-order valence-electron chi connectivity index (χ4n) is 4.95. The zero-order valence-electron chi connectivity index (χ0n) is 30.2. The van der Waals surface area contributed by atoms with E-state index in [9.17, 15) is 33.9 Å². The number of ether oxygens (including phenoxy) is 3. The summed E-state index contributed by atoms with van der Waals surface area (Å²) in [4.78, 5) is 65.6. The highest BCUT2D eigenvalue weighted by Gasteiger charge is 2.29. The van der Waals surface area contributed by atoms with Crippen LogP contribution in [-0.2, 0) is 38.2 Å². The standard InChI is InChI=1S/C24H27NO4.C8H13NO4.C7H11NO4/c1-2-3-4-5-6-15-22(23(26)27)25-24(28)29-16-21-19-13-9-7-11-17(19)18-12-8-10-14-20(18)21;1-2-5-13-7(10)4-3-6(9)8(11)12;1-2-3-12-6(9)4-5(8)7(10)11/h2,7-14,21-22H,1,3-6,15-16H2,(H,25,28)(H,26,27);2,6H,1,3-5,9H2,(H,11,12);2,5H,1,3-4,8H2,(H,10,11)/t22-;6-;5-/m000/s1. The molecule has 3 rings (SSSR count). The highest BCUT2D eigenvalue weighted by Crippen LogP contribution is 2.44. The van der Waals surface area contributed by atoms with Crippen LogP contribution in [0.25, 0.3) is 11.1 Å². The molecule has 0 radical (unpaired) electrons. The van der Waals surface area contributed by atoms with Crippen molar-refractivity contribution in [1.82, 2.24) is 5.32 Å². The second-order valence-electron chi connectivity index (χ2n) is 11.9. The lowest BCUT2D eigenvalue weighted by Gasteiger charge is -2.17. The molecule has 0 aromatic heterocycles. The molecular formula is C39H51N3O12. The largest absolute Gasteiger partial charge is 0.480 e. The van der Waals surface area contributed by atoms with Crippen molar-refractivity contribution in [2.45, 2.75) is 75.4 Å². The third kappa shape index (κ3) is 17.6. The van der Waals surface area contributed by atoms with Gasteiger partial charge in [-0.2, -0.15) is 0 Å². The van der Waals surface area contributed by atoms with E-state index in [0.717, 1.165) is 47.9 Å². The van der Waals surface area contributed by atoms with Crippen LogP contribution < -0.4 is 16.8 Å². The van der Waals surface area contributed by atoms with Crippen molar-refractivity contribution in [3.05, 3.63) is 97.6 Å².